The van der Waals surface area contributed by atoms with E-state index in [0.717, 1.165) is 22.2 Å². The molecule has 2 N–H and O–H groups in total. The largest absolute Gasteiger partial charge is 0.493 e. The number of carbonyl (C=O) groups is 1. The lowest BCUT2D eigenvalue weighted by molar-refractivity contribution is -0.116. The summed E-state index contributed by atoms with van der Waals surface area (Å²) in [5, 5.41) is 6.99. The van der Waals surface area contributed by atoms with Crippen LogP contribution in [0.3, 0.4) is 0 Å². The first-order valence-corrected chi connectivity index (χ1v) is 11.3. The number of benzene rings is 3. The molecule has 0 saturated heterocycles. The van der Waals surface area contributed by atoms with Gasteiger partial charge in [0, 0.05) is 34.9 Å². The number of aromatic nitrogens is 1. The number of para-hydroxylation sites is 1. The summed E-state index contributed by atoms with van der Waals surface area (Å²) in [5.41, 5.74) is 4.60. The van der Waals surface area contributed by atoms with E-state index in [-0.39, 0.29) is 18.0 Å². The van der Waals surface area contributed by atoms with Gasteiger partial charge in [-0.25, -0.2) is 0 Å². The lowest BCUT2D eigenvalue weighted by Crippen LogP contribution is -2.31. The third-order valence-corrected chi connectivity index (χ3v) is 5.93. The molecule has 0 aliphatic carbocycles. The van der Waals surface area contributed by atoms with Crippen molar-refractivity contribution in [2.24, 2.45) is 0 Å². The third kappa shape index (κ3) is 5.30. The van der Waals surface area contributed by atoms with Gasteiger partial charge in [0.15, 0.2) is 11.5 Å². The Morgan fingerprint density at radius 1 is 0.914 bits per heavy atom. The second kappa shape index (κ2) is 10.3. The summed E-state index contributed by atoms with van der Waals surface area (Å²) >= 11 is 0. The molecule has 1 amide bonds. The fraction of sp³-hybridized carbons (Fsp3) is 0.214. The second-order valence-electron chi connectivity index (χ2n) is 8.41. The molecule has 0 spiro atoms. The summed E-state index contributed by atoms with van der Waals surface area (Å²) in [6.07, 6.45) is 0. The van der Waals surface area contributed by atoms with Crippen molar-refractivity contribution in [2.75, 3.05) is 24.9 Å². The van der Waals surface area contributed by atoms with Crippen molar-refractivity contribution in [1.29, 1.82) is 0 Å². The van der Waals surface area contributed by atoms with Crippen LogP contribution >= 0.6 is 0 Å². The average molecular weight is 472 g/mol. The highest BCUT2D eigenvalue weighted by Crippen LogP contribution is 2.32. The van der Waals surface area contributed by atoms with Crippen molar-refractivity contribution >= 4 is 28.2 Å². The minimum Gasteiger partial charge on any atom is -0.493 e. The number of carbonyl (C=O) groups excluding carboxylic acids is 1. The number of pyridine rings is 1. The Balaban J connectivity index is 1.73. The van der Waals surface area contributed by atoms with Crippen LogP contribution in [-0.2, 0) is 17.9 Å². The molecule has 4 rings (SSSR count). The number of anilines is 2. The van der Waals surface area contributed by atoms with Crippen LogP contribution in [0, 0.1) is 13.8 Å². The molecule has 35 heavy (non-hydrogen) atoms. The first-order chi connectivity index (χ1) is 16.9. The van der Waals surface area contributed by atoms with E-state index in [9.17, 15) is 9.59 Å². The van der Waals surface area contributed by atoms with Crippen molar-refractivity contribution in [3.8, 4) is 11.5 Å². The summed E-state index contributed by atoms with van der Waals surface area (Å²) in [7, 11) is 3.10. The van der Waals surface area contributed by atoms with E-state index in [1.165, 1.54) is 11.7 Å². The molecule has 3 aromatic carbocycles. The molecule has 0 bridgehead atoms. The smallest absolute Gasteiger partial charge is 0.256 e. The van der Waals surface area contributed by atoms with Crippen LogP contribution in [0.1, 0.15) is 16.7 Å². The zero-order valence-electron chi connectivity index (χ0n) is 20.3. The maximum atomic E-state index is 13.5. The van der Waals surface area contributed by atoms with Gasteiger partial charge in [-0.3, -0.25) is 14.2 Å². The van der Waals surface area contributed by atoms with Crippen LogP contribution in [0.25, 0.3) is 10.9 Å². The van der Waals surface area contributed by atoms with Gasteiger partial charge >= 0.3 is 0 Å². The summed E-state index contributed by atoms with van der Waals surface area (Å²) in [4.78, 5) is 26.5. The maximum Gasteiger partial charge on any atom is 0.256 e. The van der Waals surface area contributed by atoms with E-state index in [4.69, 9.17) is 9.47 Å². The summed E-state index contributed by atoms with van der Waals surface area (Å²) in [6, 6.07) is 20.9. The molecule has 0 saturated carbocycles. The molecule has 7 heteroatoms. The number of methoxy groups -OCH3 is 2. The van der Waals surface area contributed by atoms with Crippen molar-refractivity contribution in [2.45, 2.75) is 26.9 Å². The minimum atomic E-state index is -0.291. The van der Waals surface area contributed by atoms with Crippen LogP contribution in [0.15, 0.2) is 71.5 Å². The Labute approximate surface area is 204 Å². The fourth-order valence-corrected chi connectivity index (χ4v) is 3.96. The Kier molecular flexibility index (Phi) is 7.06. The molecule has 1 aromatic heterocycles. The second-order valence-corrected chi connectivity index (χ2v) is 8.41. The van der Waals surface area contributed by atoms with E-state index >= 15 is 0 Å². The topological polar surface area (TPSA) is 81.6 Å². The van der Waals surface area contributed by atoms with Gasteiger partial charge in [0.1, 0.15) is 6.54 Å². The monoisotopic (exact) mass is 471 g/mol. The van der Waals surface area contributed by atoms with Crippen molar-refractivity contribution < 1.29 is 14.3 Å². The highest BCUT2D eigenvalue weighted by Gasteiger charge is 2.16. The quantitative estimate of drug-likeness (QED) is 0.383. The van der Waals surface area contributed by atoms with Crippen LogP contribution in [0.2, 0.25) is 0 Å². The van der Waals surface area contributed by atoms with Gasteiger partial charge in [0.05, 0.1) is 19.7 Å². The Bertz CT molecular complexity index is 1430. The molecule has 7 nitrogen and oxygen atoms in total. The van der Waals surface area contributed by atoms with Crippen molar-refractivity contribution in [3.63, 3.8) is 0 Å². The van der Waals surface area contributed by atoms with E-state index in [1.807, 2.05) is 74.5 Å². The number of rotatable bonds is 8. The molecule has 0 aliphatic rings. The fourth-order valence-electron chi connectivity index (χ4n) is 3.96. The number of hydrogen-bond acceptors (Lipinski definition) is 5. The molecule has 1 heterocycles. The van der Waals surface area contributed by atoms with Crippen LogP contribution < -0.4 is 25.7 Å². The van der Waals surface area contributed by atoms with Gasteiger partial charge in [0.25, 0.3) is 5.56 Å². The zero-order valence-corrected chi connectivity index (χ0v) is 20.3. The van der Waals surface area contributed by atoms with Gasteiger partial charge in [-0.1, -0.05) is 35.9 Å². The minimum absolute atomic E-state index is 0.141. The van der Waals surface area contributed by atoms with Gasteiger partial charge < -0.3 is 20.1 Å². The van der Waals surface area contributed by atoms with E-state index in [0.29, 0.717) is 34.8 Å². The lowest BCUT2D eigenvalue weighted by Gasteiger charge is -2.17. The Morgan fingerprint density at radius 2 is 1.60 bits per heavy atom. The van der Waals surface area contributed by atoms with Gasteiger partial charge in [-0.2, -0.15) is 0 Å². The lowest BCUT2D eigenvalue weighted by atomic mass is 10.1. The SMILES string of the molecule is COc1cc2cc(CNc3ccc(C)cc3)c(=O)n(CC(=O)Nc3ccccc3C)c2cc1OC. The predicted molar refractivity (Wildman–Crippen MR) is 140 cm³/mol. The molecular formula is C28H29N3O4. The third-order valence-electron chi connectivity index (χ3n) is 5.93. The first-order valence-electron chi connectivity index (χ1n) is 11.3. The Hall–Kier alpha value is -4.26. The molecule has 0 unspecified atom stereocenters. The summed E-state index contributed by atoms with van der Waals surface area (Å²) in [5.74, 6) is 0.742. The van der Waals surface area contributed by atoms with Gasteiger partial charge in [0.2, 0.25) is 5.91 Å². The molecule has 4 aromatic rings. The normalized spacial score (nSPS) is 10.7. The number of nitrogens with one attached hydrogen (secondary N) is 2. The van der Waals surface area contributed by atoms with Gasteiger partial charge in [-0.05, 0) is 49.7 Å². The molecule has 180 valence electrons. The highest BCUT2D eigenvalue weighted by atomic mass is 16.5. The molecule has 0 aliphatic heterocycles. The van der Waals surface area contributed by atoms with E-state index < -0.39 is 0 Å². The number of nitrogens with zero attached hydrogens (tertiary/aromatic N) is 1. The summed E-state index contributed by atoms with van der Waals surface area (Å²) in [6.45, 7) is 4.12. The zero-order chi connectivity index (χ0) is 24.9. The average Bonchev–Trinajstić information content (AvgIpc) is 2.86. The summed E-state index contributed by atoms with van der Waals surface area (Å²) < 4.78 is 12.4. The number of amides is 1. The number of hydrogen-bond donors (Lipinski definition) is 2. The number of aryl methyl sites for hydroxylation is 2. The van der Waals surface area contributed by atoms with Crippen molar-refractivity contribution in [1.82, 2.24) is 4.57 Å². The molecule has 0 fully saturated rings. The van der Waals surface area contributed by atoms with Crippen molar-refractivity contribution in [3.05, 3.63) is 93.8 Å². The van der Waals surface area contributed by atoms with Crippen LogP contribution in [0.5, 0.6) is 11.5 Å². The first kappa shape index (κ1) is 23.9. The Morgan fingerprint density at radius 3 is 2.29 bits per heavy atom. The highest BCUT2D eigenvalue weighted by molar-refractivity contribution is 5.93. The molecular weight excluding hydrogens is 442 g/mol. The number of fused-ring (bicyclic) bond motifs is 1. The predicted octanol–water partition coefficient (Wildman–Crippen LogP) is 4.89. The van der Waals surface area contributed by atoms with Gasteiger partial charge in [-0.15, -0.1) is 0 Å². The van der Waals surface area contributed by atoms with Crippen LogP contribution in [0.4, 0.5) is 11.4 Å². The van der Waals surface area contributed by atoms with E-state index in [2.05, 4.69) is 10.6 Å². The van der Waals surface area contributed by atoms with E-state index in [1.54, 1.807) is 13.2 Å². The number of ether oxygens (including phenoxy) is 2. The molecule has 0 atom stereocenters. The van der Waals surface area contributed by atoms with Crippen LogP contribution in [-0.4, -0.2) is 24.7 Å². The molecule has 0 radical (unpaired) electrons. The maximum absolute atomic E-state index is 13.5. The standard InChI is InChI=1S/C28H29N3O4/c1-18-9-11-22(12-10-18)29-16-21-13-20-14-25(34-3)26(35-4)15-24(20)31(28(21)33)17-27(32)30-23-8-6-5-7-19(23)2/h5-15,29H,16-17H2,1-4H3,(H,30,32).